The molecule has 0 spiro atoms. The van der Waals surface area contributed by atoms with Crippen LogP contribution in [-0.4, -0.2) is 53.8 Å². The summed E-state index contributed by atoms with van der Waals surface area (Å²) in [7, 11) is 1.29. The first-order valence-corrected chi connectivity index (χ1v) is 8.85. The first-order valence-electron chi connectivity index (χ1n) is 8.85. The number of amides is 2. The van der Waals surface area contributed by atoms with Gasteiger partial charge in [0, 0.05) is 26.1 Å². The molecule has 0 radical (unpaired) electrons. The van der Waals surface area contributed by atoms with Crippen LogP contribution in [0.2, 0.25) is 0 Å². The molecule has 1 saturated heterocycles. The third-order valence-electron chi connectivity index (χ3n) is 4.68. The second-order valence-electron chi connectivity index (χ2n) is 6.44. The fraction of sp³-hybridized carbons (Fsp3) is 0.286. The van der Waals surface area contributed by atoms with Gasteiger partial charge in [-0.3, -0.25) is 9.59 Å². The quantitative estimate of drug-likeness (QED) is 0.576. The van der Waals surface area contributed by atoms with Crippen molar-refractivity contribution in [3.8, 4) is 0 Å². The highest BCUT2D eigenvalue weighted by Gasteiger charge is 2.39. The van der Waals surface area contributed by atoms with Crippen molar-refractivity contribution in [3.63, 3.8) is 0 Å². The van der Waals surface area contributed by atoms with Crippen LogP contribution in [-0.2, 0) is 32.1 Å². The van der Waals surface area contributed by atoms with Gasteiger partial charge in [-0.05, 0) is 11.1 Å². The van der Waals surface area contributed by atoms with E-state index in [4.69, 9.17) is 4.74 Å². The van der Waals surface area contributed by atoms with E-state index in [9.17, 15) is 14.4 Å². The number of methoxy groups -OCH3 is 1. The lowest BCUT2D eigenvalue weighted by molar-refractivity contribution is -0.163. The topological polar surface area (TPSA) is 66.9 Å². The number of hydrogen-bond donors (Lipinski definition) is 0. The average molecular weight is 366 g/mol. The number of benzene rings is 2. The molecule has 3 rings (SSSR count). The predicted octanol–water partition coefficient (Wildman–Crippen LogP) is 1.64. The lowest BCUT2D eigenvalue weighted by Gasteiger charge is -2.37. The van der Waals surface area contributed by atoms with Gasteiger partial charge in [0.2, 0.25) is 0 Å². The van der Waals surface area contributed by atoms with E-state index in [0.29, 0.717) is 26.1 Å². The van der Waals surface area contributed by atoms with Gasteiger partial charge in [-0.1, -0.05) is 60.7 Å². The molecule has 6 heteroatoms. The largest absolute Gasteiger partial charge is 0.467 e. The SMILES string of the molecule is COC(=O)[C@H](Cc1ccccc1)N1CCN(Cc2ccccc2)C(=O)C1=O. The predicted molar refractivity (Wildman–Crippen MR) is 99.5 cm³/mol. The molecule has 1 atom stereocenters. The second-order valence-corrected chi connectivity index (χ2v) is 6.44. The summed E-state index contributed by atoms with van der Waals surface area (Å²) in [6.45, 7) is 1.05. The van der Waals surface area contributed by atoms with Crippen molar-refractivity contribution in [2.75, 3.05) is 20.2 Å². The average Bonchev–Trinajstić information content (AvgIpc) is 2.71. The fourth-order valence-corrected chi connectivity index (χ4v) is 3.24. The Labute approximate surface area is 158 Å². The van der Waals surface area contributed by atoms with Gasteiger partial charge >= 0.3 is 17.8 Å². The van der Waals surface area contributed by atoms with Gasteiger partial charge < -0.3 is 14.5 Å². The Bertz CT molecular complexity index is 807. The summed E-state index contributed by atoms with van der Waals surface area (Å²) in [5.41, 5.74) is 1.86. The number of esters is 1. The Morgan fingerprint density at radius 3 is 2.11 bits per heavy atom. The minimum Gasteiger partial charge on any atom is -0.467 e. The van der Waals surface area contributed by atoms with E-state index < -0.39 is 23.8 Å². The molecule has 6 nitrogen and oxygen atoms in total. The highest BCUT2D eigenvalue weighted by atomic mass is 16.5. The fourth-order valence-electron chi connectivity index (χ4n) is 3.24. The normalized spacial score (nSPS) is 15.6. The summed E-state index contributed by atoms with van der Waals surface area (Å²) >= 11 is 0. The molecule has 2 aromatic rings. The molecule has 1 heterocycles. The number of nitrogens with zero attached hydrogens (tertiary/aromatic N) is 2. The molecule has 1 fully saturated rings. The van der Waals surface area contributed by atoms with Crippen LogP contribution in [0, 0.1) is 0 Å². The Hall–Kier alpha value is -3.15. The van der Waals surface area contributed by atoms with Crippen LogP contribution in [0.15, 0.2) is 60.7 Å². The lowest BCUT2D eigenvalue weighted by atomic mass is 10.0. The van der Waals surface area contributed by atoms with Crippen LogP contribution >= 0.6 is 0 Å². The maximum Gasteiger partial charge on any atom is 0.328 e. The van der Waals surface area contributed by atoms with Crippen LogP contribution in [0.4, 0.5) is 0 Å². The number of carbonyl (C=O) groups excluding carboxylic acids is 3. The molecule has 0 aliphatic carbocycles. The van der Waals surface area contributed by atoms with Gasteiger partial charge in [-0.2, -0.15) is 0 Å². The highest BCUT2D eigenvalue weighted by molar-refractivity contribution is 6.35. The van der Waals surface area contributed by atoms with Gasteiger partial charge in [0.15, 0.2) is 0 Å². The maximum atomic E-state index is 12.7. The third kappa shape index (κ3) is 4.34. The molecule has 2 amide bonds. The Morgan fingerprint density at radius 2 is 1.52 bits per heavy atom. The molecular formula is C21H22N2O4. The molecule has 1 aliphatic heterocycles. The Morgan fingerprint density at radius 1 is 0.926 bits per heavy atom. The molecule has 27 heavy (non-hydrogen) atoms. The van der Waals surface area contributed by atoms with Gasteiger partial charge in [0.05, 0.1) is 7.11 Å². The molecule has 0 N–H and O–H groups in total. The minimum absolute atomic E-state index is 0.296. The highest BCUT2D eigenvalue weighted by Crippen LogP contribution is 2.17. The molecule has 140 valence electrons. The van der Waals surface area contributed by atoms with Gasteiger partial charge in [-0.15, -0.1) is 0 Å². The van der Waals surface area contributed by atoms with Crippen molar-refractivity contribution in [1.29, 1.82) is 0 Å². The van der Waals surface area contributed by atoms with Gasteiger partial charge in [0.25, 0.3) is 0 Å². The van der Waals surface area contributed by atoms with Crippen LogP contribution in [0.3, 0.4) is 0 Å². The zero-order valence-electron chi connectivity index (χ0n) is 15.2. The molecule has 0 bridgehead atoms. The van der Waals surface area contributed by atoms with E-state index in [-0.39, 0.29) is 0 Å². The summed E-state index contributed by atoms with van der Waals surface area (Å²) in [5, 5.41) is 0. The van der Waals surface area contributed by atoms with Crippen molar-refractivity contribution in [2.24, 2.45) is 0 Å². The van der Waals surface area contributed by atoms with E-state index in [1.165, 1.54) is 16.9 Å². The van der Waals surface area contributed by atoms with Gasteiger partial charge in [-0.25, -0.2) is 4.79 Å². The number of rotatable bonds is 6. The first-order chi connectivity index (χ1) is 13.1. The molecular weight excluding hydrogens is 344 g/mol. The minimum atomic E-state index is -0.812. The van der Waals surface area contributed by atoms with E-state index in [0.717, 1.165) is 11.1 Å². The monoisotopic (exact) mass is 366 g/mol. The summed E-state index contributed by atoms with van der Waals surface area (Å²) < 4.78 is 4.89. The molecule has 0 saturated carbocycles. The van der Waals surface area contributed by atoms with Crippen LogP contribution < -0.4 is 0 Å². The molecule has 0 aromatic heterocycles. The summed E-state index contributed by atoms with van der Waals surface area (Å²) in [6, 6.07) is 18.1. The van der Waals surface area contributed by atoms with E-state index in [1.54, 1.807) is 0 Å². The van der Waals surface area contributed by atoms with Crippen LogP contribution in [0.1, 0.15) is 11.1 Å². The molecule has 1 aliphatic rings. The third-order valence-corrected chi connectivity index (χ3v) is 4.68. The summed E-state index contributed by atoms with van der Waals surface area (Å²) in [6.07, 6.45) is 0.311. The maximum absolute atomic E-state index is 12.7. The number of hydrogen-bond acceptors (Lipinski definition) is 4. The number of piperazine rings is 1. The molecule has 2 aromatic carbocycles. The standard InChI is InChI=1S/C21H22N2O4/c1-27-21(26)18(14-16-8-4-2-5-9-16)23-13-12-22(19(24)20(23)25)15-17-10-6-3-7-11-17/h2-11,18H,12-15H2,1H3/t18-/m0/s1. The smallest absolute Gasteiger partial charge is 0.328 e. The number of ether oxygens (including phenoxy) is 1. The first kappa shape index (κ1) is 18.6. The van der Waals surface area contributed by atoms with Crippen molar-refractivity contribution >= 4 is 17.8 Å². The zero-order chi connectivity index (χ0) is 19.2. The summed E-state index contributed by atoms with van der Waals surface area (Å²) in [4.78, 5) is 40.4. The van der Waals surface area contributed by atoms with Crippen molar-refractivity contribution in [2.45, 2.75) is 19.0 Å². The Kier molecular flexibility index (Phi) is 5.86. The van der Waals surface area contributed by atoms with Crippen LogP contribution in [0.5, 0.6) is 0 Å². The lowest BCUT2D eigenvalue weighted by Crippen LogP contribution is -2.59. The van der Waals surface area contributed by atoms with Gasteiger partial charge in [0.1, 0.15) is 6.04 Å². The van der Waals surface area contributed by atoms with E-state index >= 15 is 0 Å². The Balaban J connectivity index is 1.74. The summed E-state index contributed by atoms with van der Waals surface area (Å²) in [5.74, 6) is -1.77. The molecule has 0 unspecified atom stereocenters. The van der Waals surface area contributed by atoms with E-state index in [2.05, 4.69) is 0 Å². The number of carbonyl (C=O) groups is 3. The van der Waals surface area contributed by atoms with E-state index in [1.807, 2.05) is 60.7 Å². The van der Waals surface area contributed by atoms with Crippen molar-refractivity contribution in [1.82, 2.24) is 9.80 Å². The van der Waals surface area contributed by atoms with Crippen LogP contribution in [0.25, 0.3) is 0 Å². The van der Waals surface area contributed by atoms with Crippen molar-refractivity contribution < 1.29 is 19.1 Å². The zero-order valence-corrected chi connectivity index (χ0v) is 15.2. The van der Waals surface area contributed by atoms with Crippen molar-refractivity contribution in [3.05, 3.63) is 71.8 Å². The second kappa shape index (κ2) is 8.49.